The highest BCUT2D eigenvalue weighted by Crippen LogP contribution is 2.25. The van der Waals surface area contributed by atoms with Crippen LogP contribution in [0.4, 0.5) is 0 Å². The summed E-state index contributed by atoms with van der Waals surface area (Å²) in [5, 5.41) is 10.1. The number of aliphatic hydroxyl groups is 1. The fraction of sp³-hybridized carbons (Fsp3) is 0.615. The largest absolute Gasteiger partial charge is 0.465 e. The summed E-state index contributed by atoms with van der Waals surface area (Å²) in [7, 11) is 0. The molecule has 268 valence electrons. The van der Waals surface area contributed by atoms with E-state index < -0.39 is 10.8 Å². The number of ether oxygens (including phenoxy) is 2. The summed E-state index contributed by atoms with van der Waals surface area (Å²) in [6, 6.07) is 15.9. The number of aryl methyl sites for hydroxylation is 1. The van der Waals surface area contributed by atoms with E-state index in [-0.39, 0.29) is 24.0 Å². The highest BCUT2D eigenvalue weighted by molar-refractivity contribution is 7.99. The van der Waals surface area contributed by atoms with E-state index >= 15 is 0 Å². The summed E-state index contributed by atoms with van der Waals surface area (Å²) in [5.41, 5.74) is 1.38. The molecule has 0 aliphatic rings. The summed E-state index contributed by atoms with van der Waals surface area (Å²) in [6.07, 6.45) is 8.02. The van der Waals surface area contributed by atoms with Gasteiger partial charge in [-0.25, -0.2) is 0 Å². The highest BCUT2D eigenvalue weighted by atomic mass is 32.2. The average molecular weight is 702 g/mol. The smallest absolute Gasteiger partial charge is 0.312 e. The Labute approximate surface area is 296 Å². The third-order valence-corrected chi connectivity index (χ3v) is 11.0. The SMILES string of the molecule is CCC(C)(C)C(=O)OCCCO.CCCCOC(=O)C(C)(C)CSCCCCCSCCCn1c2ccccc2c(=O)c2ccccc21. The van der Waals surface area contributed by atoms with Crippen molar-refractivity contribution < 1.29 is 24.2 Å². The molecule has 2 aromatic carbocycles. The lowest BCUT2D eigenvalue weighted by Crippen LogP contribution is -2.29. The molecule has 1 N–H and O–H groups in total. The van der Waals surface area contributed by atoms with Gasteiger partial charge in [0.15, 0.2) is 5.43 Å². The molecular formula is C39H59NO6S2. The first kappa shape index (κ1) is 41.7. The first-order chi connectivity index (χ1) is 23.0. The third-order valence-electron chi connectivity index (χ3n) is 8.35. The average Bonchev–Trinajstić information content (AvgIpc) is 3.08. The predicted molar refractivity (Wildman–Crippen MR) is 205 cm³/mol. The summed E-state index contributed by atoms with van der Waals surface area (Å²) in [5.74, 6) is 3.98. The van der Waals surface area contributed by atoms with Crippen LogP contribution in [0.3, 0.4) is 0 Å². The Kier molecular flexibility index (Phi) is 19.3. The number of pyridine rings is 1. The molecule has 0 saturated heterocycles. The topological polar surface area (TPSA) is 94.8 Å². The van der Waals surface area contributed by atoms with E-state index in [0.717, 1.165) is 71.3 Å². The van der Waals surface area contributed by atoms with Gasteiger partial charge in [-0.3, -0.25) is 14.4 Å². The molecule has 48 heavy (non-hydrogen) atoms. The Bertz CT molecular complexity index is 1390. The van der Waals surface area contributed by atoms with Crippen molar-refractivity contribution in [2.45, 2.75) is 99.5 Å². The Balaban J connectivity index is 0.000000567. The van der Waals surface area contributed by atoms with Crippen LogP contribution in [0.1, 0.15) is 92.9 Å². The summed E-state index contributed by atoms with van der Waals surface area (Å²) < 4.78 is 12.6. The second-order valence-corrected chi connectivity index (χ2v) is 15.7. The molecule has 1 aromatic heterocycles. The predicted octanol–water partition coefficient (Wildman–Crippen LogP) is 8.90. The summed E-state index contributed by atoms with van der Waals surface area (Å²) in [4.78, 5) is 36.3. The van der Waals surface area contributed by atoms with Crippen LogP contribution in [0.25, 0.3) is 21.8 Å². The number of hydrogen-bond donors (Lipinski definition) is 1. The molecule has 0 fully saturated rings. The number of carbonyl (C=O) groups is 2. The minimum atomic E-state index is -0.406. The van der Waals surface area contributed by atoms with E-state index in [9.17, 15) is 14.4 Å². The maximum absolute atomic E-state index is 12.9. The van der Waals surface area contributed by atoms with Crippen LogP contribution < -0.4 is 5.43 Å². The van der Waals surface area contributed by atoms with Gasteiger partial charge in [0.2, 0.25) is 0 Å². The van der Waals surface area contributed by atoms with Crippen molar-refractivity contribution in [3.63, 3.8) is 0 Å². The lowest BCUT2D eigenvalue weighted by atomic mass is 9.91. The third kappa shape index (κ3) is 13.8. The minimum absolute atomic E-state index is 0.0667. The van der Waals surface area contributed by atoms with E-state index in [4.69, 9.17) is 14.6 Å². The number of unbranched alkanes of at least 4 members (excludes halogenated alkanes) is 3. The molecule has 1 heterocycles. The molecular weight excluding hydrogens is 643 g/mol. The second kappa shape index (κ2) is 22.3. The van der Waals surface area contributed by atoms with Crippen molar-refractivity contribution in [1.82, 2.24) is 4.57 Å². The number of aliphatic hydroxyl groups excluding tert-OH is 1. The number of nitrogens with zero attached hydrogens (tertiary/aromatic N) is 1. The molecule has 0 aliphatic heterocycles. The van der Waals surface area contributed by atoms with Gasteiger partial charge < -0.3 is 19.1 Å². The number of fused-ring (bicyclic) bond motifs is 2. The Morgan fingerprint density at radius 1 is 0.708 bits per heavy atom. The van der Waals surface area contributed by atoms with E-state index in [0.29, 0.717) is 19.6 Å². The normalized spacial score (nSPS) is 11.7. The van der Waals surface area contributed by atoms with Gasteiger partial charge in [-0.1, -0.05) is 51.0 Å². The van der Waals surface area contributed by atoms with Crippen LogP contribution in [0.15, 0.2) is 53.3 Å². The van der Waals surface area contributed by atoms with Crippen LogP contribution >= 0.6 is 23.5 Å². The van der Waals surface area contributed by atoms with E-state index in [1.54, 1.807) is 0 Å². The van der Waals surface area contributed by atoms with Gasteiger partial charge in [-0.15, -0.1) is 0 Å². The standard InChI is InChI=1S/C30H41NO3S2.C9H18O3/c1-4-5-19-34-29(33)30(2,3)23-36-21-12-6-11-20-35-22-13-18-31-26-16-9-7-14-24(26)28(32)25-15-8-10-17-27(25)31;1-4-9(2,3)8(11)12-7-5-6-10/h7-10,14-17H,4-6,11-13,18-23H2,1-3H3;10H,4-7H2,1-3H3. The van der Waals surface area contributed by atoms with E-state index in [2.05, 4.69) is 23.6 Å². The molecule has 3 rings (SSSR count). The Morgan fingerprint density at radius 2 is 1.23 bits per heavy atom. The maximum Gasteiger partial charge on any atom is 0.312 e. The lowest BCUT2D eigenvalue weighted by molar-refractivity contribution is -0.154. The van der Waals surface area contributed by atoms with E-state index in [1.165, 1.54) is 25.0 Å². The molecule has 0 bridgehead atoms. The molecule has 0 radical (unpaired) electrons. The van der Waals surface area contributed by atoms with Gasteiger partial charge in [-0.05, 0) is 101 Å². The van der Waals surface area contributed by atoms with Gasteiger partial charge in [-0.2, -0.15) is 23.5 Å². The Morgan fingerprint density at radius 3 is 1.79 bits per heavy atom. The second-order valence-electron chi connectivity index (χ2n) is 13.4. The van der Waals surface area contributed by atoms with E-state index in [1.807, 2.05) is 94.5 Å². The number of thioether (sulfide) groups is 2. The number of para-hydroxylation sites is 2. The lowest BCUT2D eigenvalue weighted by Gasteiger charge is -2.22. The summed E-state index contributed by atoms with van der Waals surface area (Å²) >= 11 is 3.89. The number of benzene rings is 2. The van der Waals surface area contributed by atoms with Crippen molar-refractivity contribution in [2.24, 2.45) is 10.8 Å². The first-order valence-electron chi connectivity index (χ1n) is 17.6. The fourth-order valence-electron chi connectivity index (χ4n) is 4.79. The molecule has 3 aromatic rings. The molecule has 0 spiro atoms. The number of carbonyl (C=O) groups excluding carboxylic acids is 2. The van der Waals surface area contributed by atoms with Gasteiger partial charge in [0.25, 0.3) is 0 Å². The Hall–Kier alpha value is -2.49. The van der Waals surface area contributed by atoms with Gasteiger partial charge in [0.1, 0.15) is 0 Å². The molecule has 0 saturated carbocycles. The van der Waals surface area contributed by atoms with Crippen molar-refractivity contribution in [2.75, 3.05) is 42.8 Å². The zero-order valence-electron chi connectivity index (χ0n) is 30.2. The minimum Gasteiger partial charge on any atom is -0.465 e. The van der Waals surface area contributed by atoms with Crippen molar-refractivity contribution in [3.05, 3.63) is 58.8 Å². The molecule has 7 nitrogen and oxygen atoms in total. The van der Waals surface area contributed by atoms with Crippen LogP contribution in [-0.2, 0) is 25.6 Å². The van der Waals surface area contributed by atoms with Gasteiger partial charge >= 0.3 is 11.9 Å². The van der Waals surface area contributed by atoms with Crippen LogP contribution in [0.2, 0.25) is 0 Å². The molecule has 0 atom stereocenters. The number of esters is 2. The van der Waals surface area contributed by atoms with Crippen LogP contribution in [0, 0.1) is 10.8 Å². The zero-order chi connectivity index (χ0) is 35.4. The maximum atomic E-state index is 12.9. The van der Waals surface area contributed by atoms with Crippen molar-refractivity contribution >= 4 is 57.3 Å². The van der Waals surface area contributed by atoms with Crippen LogP contribution in [0.5, 0.6) is 0 Å². The van der Waals surface area contributed by atoms with Gasteiger partial charge in [0.05, 0.1) is 35.1 Å². The van der Waals surface area contributed by atoms with Crippen LogP contribution in [-0.4, -0.2) is 64.4 Å². The highest BCUT2D eigenvalue weighted by Gasteiger charge is 2.29. The molecule has 9 heteroatoms. The number of hydrogen-bond acceptors (Lipinski definition) is 8. The van der Waals surface area contributed by atoms with Crippen molar-refractivity contribution in [3.8, 4) is 0 Å². The molecule has 0 aliphatic carbocycles. The van der Waals surface area contributed by atoms with Gasteiger partial charge in [0, 0.05) is 36.1 Å². The number of aromatic nitrogens is 1. The quantitative estimate of drug-likeness (QED) is 0.0669. The first-order valence-corrected chi connectivity index (χ1v) is 19.9. The molecule has 0 unspecified atom stereocenters. The summed E-state index contributed by atoms with van der Waals surface area (Å²) in [6.45, 7) is 13.6. The fourth-order valence-corrected chi connectivity index (χ4v) is 6.92. The number of rotatable bonds is 21. The monoisotopic (exact) mass is 701 g/mol. The zero-order valence-corrected chi connectivity index (χ0v) is 31.8. The molecule has 0 amide bonds. The van der Waals surface area contributed by atoms with Crippen molar-refractivity contribution in [1.29, 1.82) is 0 Å².